The number of hydrogen-bond donors (Lipinski definition) is 1. The molecule has 35 heavy (non-hydrogen) atoms. The molecular weight excluding hydrogens is 497 g/mol. The molecule has 1 aromatic heterocycles. The molecule has 5 rings (SSSR count). The molecule has 0 radical (unpaired) electrons. The lowest BCUT2D eigenvalue weighted by molar-refractivity contribution is -0.137. The van der Waals surface area contributed by atoms with Gasteiger partial charge in [-0.2, -0.15) is 13.2 Å². The van der Waals surface area contributed by atoms with Crippen LogP contribution in [0.4, 0.5) is 22.0 Å². The molecule has 0 unspecified atom stereocenters. The van der Waals surface area contributed by atoms with Gasteiger partial charge in [0.2, 0.25) is 5.82 Å². The van der Waals surface area contributed by atoms with E-state index in [-0.39, 0.29) is 30.4 Å². The predicted molar refractivity (Wildman–Crippen MR) is 114 cm³/mol. The Labute approximate surface area is 199 Å². The highest BCUT2D eigenvalue weighted by molar-refractivity contribution is 6.37. The van der Waals surface area contributed by atoms with Gasteiger partial charge in [-0.05, 0) is 31.2 Å². The molecule has 13 heteroatoms. The Hall–Kier alpha value is -3.38. The molecule has 1 N–H and O–H groups in total. The zero-order valence-corrected chi connectivity index (χ0v) is 18.6. The van der Waals surface area contributed by atoms with Gasteiger partial charge in [-0.15, -0.1) is 5.10 Å². The minimum Gasteiger partial charge on any atom is -0.389 e. The average Bonchev–Trinajstić information content (AvgIpc) is 3.16. The summed E-state index contributed by atoms with van der Waals surface area (Å²) in [5, 5.41) is 12.8. The molecule has 3 heterocycles. The van der Waals surface area contributed by atoms with E-state index in [9.17, 15) is 31.9 Å². The molecule has 2 aliphatic rings. The van der Waals surface area contributed by atoms with Gasteiger partial charge in [-0.3, -0.25) is 9.79 Å². The van der Waals surface area contributed by atoms with Gasteiger partial charge in [-0.25, -0.2) is 18.4 Å². The van der Waals surface area contributed by atoms with Crippen LogP contribution in [0.3, 0.4) is 0 Å². The van der Waals surface area contributed by atoms with E-state index in [0.717, 1.165) is 28.9 Å². The van der Waals surface area contributed by atoms with E-state index in [1.165, 1.54) is 11.8 Å². The first-order valence-electron chi connectivity index (χ1n) is 10.3. The van der Waals surface area contributed by atoms with Gasteiger partial charge in [-0.1, -0.05) is 17.7 Å². The first kappa shape index (κ1) is 23.4. The second-order valence-electron chi connectivity index (χ2n) is 8.14. The number of β-amino-alcohol motifs (C(OH)–C–C–N with tert-alkyl or cyclic N) is 1. The number of fused-ring (bicyclic) bond motifs is 3. The summed E-state index contributed by atoms with van der Waals surface area (Å²) in [6.45, 7) is 1.67. The Morgan fingerprint density at radius 1 is 1.11 bits per heavy atom. The average molecular weight is 512 g/mol. The third kappa shape index (κ3) is 3.76. The SMILES string of the molecule is C[C@@H]1N=C(c2c(F)cccc2F)c2c(ccc(C(F)(F)F)c2Cl)-n2nc(C(=O)N3CC(O)C3)nc21. The lowest BCUT2D eigenvalue weighted by Gasteiger charge is -2.34. The number of rotatable bonds is 2. The van der Waals surface area contributed by atoms with Crippen LogP contribution >= 0.6 is 11.6 Å². The summed E-state index contributed by atoms with van der Waals surface area (Å²) >= 11 is 6.20. The standard InChI is InChI=1S/C22H15ClF5N5O2/c1-9-20-30-19(21(35)32-7-10(34)8-32)31-33(20)14-6-5-11(22(26,27)28)17(23)16(14)18(29-9)15-12(24)3-2-4-13(15)25/h2-6,9-10,34H,7-8H2,1H3/t9-/m0/s1. The molecule has 1 saturated heterocycles. The number of aliphatic imine (C=N–C) groups is 1. The summed E-state index contributed by atoms with van der Waals surface area (Å²) in [7, 11) is 0. The second-order valence-corrected chi connectivity index (χ2v) is 8.52. The summed E-state index contributed by atoms with van der Waals surface area (Å²) in [4.78, 5) is 22.5. The van der Waals surface area contributed by atoms with Crippen molar-refractivity contribution in [2.24, 2.45) is 4.99 Å². The second kappa shape index (κ2) is 8.09. The van der Waals surface area contributed by atoms with Gasteiger partial charge < -0.3 is 10.0 Å². The number of aromatic nitrogens is 3. The summed E-state index contributed by atoms with van der Waals surface area (Å²) < 4.78 is 71.6. The van der Waals surface area contributed by atoms with Crippen LogP contribution in [0.25, 0.3) is 5.69 Å². The highest BCUT2D eigenvalue weighted by Gasteiger charge is 2.39. The van der Waals surface area contributed by atoms with E-state index in [2.05, 4.69) is 15.1 Å². The van der Waals surface area contributed by atoms with Crippen LogP contribution in [0.15, 0.2) is 35.3 Å². The predicted octanol–water partition coefficient (Wildman–Crippen LogP) is 3.95. The van der Waals surface area contributed by atoms with Crippen LogP contribution in [0, 0.1) is 11.6 Å². The number of likely N-dealkylation sites (tertiary alicyclic amines) is 1. The third-order valence-electron chi connectivity index (χ3n) is 5.76. The molecule has 3 aromatic rings. The number of amides is 1. The van der Waals surface area contributed by atoms with E-state index >= 15 is 0 Å². The number of benzene rings is 2. The fourth-order valence-corrected chi connectivity index (χ4v) is 4.40. The van der Waals surface area contributed by atoms with Gasteiger partial charge in [0.1, 0.15) is 17.7 Å². The Balaban J connectivity index is 1.77. The topological polar surface area (TPSA) is 83.6 Å². The van der Waals surface area contributed by atoms with Crippen LogP contribution < -0.4 is 0 Å². The Morgan fingerprint density at radius 3 is 2.37 bits per heavy atom. The van der Waals surface area contributed by atoms with Gasteiger partial charge in [0, 0.05) is 18.7 Å². The third-order valence-corrected chi connectivity index (χ3v) is 6.15. The molecule has 1 atom stereocenters. The smallest absolute Gasteiger partial charge is 0.389 e. The van der Waals surface area contributed by atoms with E-state index in [1.54, 1.807) is 0 Å². The van der Waals surface area contributed by atoms with Gasteiger partial charge in [0.15, 0.2) is 5.82 Å². The van der Waals surface area contributed by atoms with E-state index in [1.807, 2.05) is 0 Å². The van der Waals surface area contributed by atoms with E-state index in [0.29, 0.717) is 6.07 Å². The van der Waals surface area contributed by atoms with Crippen LogP contribution in [0.5, 0.6) is 0 Å². The molecule has 7 nitrogen and oxygen atoms in total. The lowest BCUT2D eigenvalue weighted by Crippen LogP contribution is -2.53. The summed E-state index contributed by atoms with van der Waals surface area (Å²) in [6.07, 6.45) is -5.53. The number of hydrogen-bond acceptors (Lipinski definition) is 5. The van der Waals surface area contributed by atoms with Gasteiger partial charge in [0.05, 0.1) is 33.7 Å². The molecular formula is C22H15ClF5N5O2. The van der Waals surface area contributed by atoms with Crippen molar-refractivity contribution in [3.63, 3.8) is 0 Å². The van der Waals surface area contributed by atoms with Crippen molar-refractivity contribution in [1.29, 1.82) is 0 Å². The first-order chi connectivity index (χ1) is 16.5. The molecule has 0 saturated carbocycles. The first-order valence-corrected chi connectivity index (χ1v) is 10.7. The van der Waals surface area contributed by atoms with Crippen molar-refractivity contribution in [3.8, 4) is 5.69 Å². The number of aliphatic hydroxyl groups is 1. The Morgan fingerprint density at radius 2 is 1.77 bits per heavy atom. The maximum absolute atomic E-state index is 14.8. The molecule has 1 fully saturated rings. The molecule has 0 spiro atoms. The Bertz CT molecular complexity index is 1380. The molecule has 2 aliphatic heterocycles. The fraction of sp³-hybridized carbons (Fsp3) is 0.273. The zero-order valence-electron chi connectivity index (χ0n) is 17.8. The number of nitrogens with zero attached hydrogens (tertiary/aromatic N) is 5. The normalized spacial score (nSPS) is 17.9. The van der Waals surface area contributed by atoms with Crippen molar-refractivity contribution in [2.75, 3.05) is 13.1 Å². The highest BCUT2D eigenvalue weighted by atomic mass is 35.5. The quantitative estimate of drug-likeness (QED) is 0.528. The number of aliphatic hydroxyl groups excluding tert-OH is 1. The van der Waals surface area contributed by atoms with Crippen molar-refractivity contribution < 1.29 is 31.9 Å². The summed E-state index contributed by atoms with van der Waals surface area (Å²) in [5.41, 5.74) is -2.81. The molecule has 182 valence electrons. The molecule has 0 aliphatic carbocycles. The van der Waals surface area contributed by atoms with Crippen molar-refractivity contribution in [3.05, 3.63) is 75.3 Å². The van der Waals surface area contributed by atoms with Crippen LogP contribution in [-0.4, -0.2) is 55.6 Å². The zero-order chi connectivity index (χ0) is 25.2. The molecule has 0 bridgehead atoms. The minimum atomic E-state index is -4.87. The summed E-state index contributed by atoms with van der Waals surface area (Å²) in [6, 6.07) is 3.79. The number of halogens is 6. The van der Waals surface area contributed by atoms with Gasteiger partial charge >= 0.3 is 6.18 Å². The Kier molecular flexibility index (Phi) is 5.40. The summed E-state index contributed by atoms with van der Waals surface area (Å²) in [5.74, 6) is -2.90. The van der Waals surface area contributed by atoms with Crippen LogP contribution in [0.2, 0.25) is 5.02 Å². The number of alkyl halides is 3. The van der Waals surface area contributed by atoms with E-state index < -0.39 is 63.3 Å². The molecule has 2 aromatic carbocycles. The number of carbonyl (C=O) groups is 1. The maximum Gasteiger partial charge on any atom is 0.417 e. The van der Waals surface area contributed by atoms with Crippen molar-refractivity contribution in [1.82, 2.24) is 19.7 Å². The van der Waals surface area contributed by atoms with E-state index in [4.69, 9.17) is 11.6 Å². The van der Waals surface area contributed by atoms with Crippen molar-refractivity contribution >= 4 is 23.2 Å². The van der Waals surface area contributed by atoms with Gasteiger partial charge in [0.25, 0.3) is 5.91 Å². The highest BCUT2D eigenvalue weighted by Crippen LogP contribution is 2.41. The maximum atomic E-state index is 14.8. The minimum absolute atomic E-state index is 0.0539. The fourth-order valence-electron chi connectivity index (χ4n) is 4.04. The molecule has 1 amide bonds. The number of carbonyl (C=O) groups excluding carboxylic acids is 1. The van der Waals surface area contributed by atoms with Crippen LogP contribution in [0.1, 0.15) is 46.1 Å². The monoisotopic (exact) mass is 511 g/mol. The van der Waals surface area contributed by atoms with Crippen LogP contribution in [-0.2, 0) is 6.18 Å². The van der Waals surface area contributed by atoms with Crippen molar-refractivity contribution in [2.45, 2.75) is 25.2 Å². The largest absolute Gasteiger partial charge is 0.417 e. The lowest BCUT2D eigenvalue weighted by atomic mass is 9.97.